The molecule has 0 unspecified atom stereocenters. The van der Waals surface area contributed by atoms with Crippen molar-refractivity contribution in [2.24, 2.45) is 24.3 Å². The Morgan fingerprint density at radius 2 is 1.47 bits per heavy atom. The third-order valence-electron chi connectivity index (χ3n) is 9.07. The van der Waals surface area contributed by atoms with E-state index in [1.54, 1.807) is 0 Å². The van der Waals surface area contributed by atoms with Crippen molar-refractivity contribution in [1.29, 1.82) is 0 Å². The first kappa shape index (κ1) is 30.0. The van der Waals surface area contributed by atoms with Crippen LogP contribution in [0.4, 0.5) is 13.2 Å². The van der Waals surface area contributed by atoms with E-state index in [-0.39, 0.29) is 6.42 Å². The van der Waals surface area contributed by atoms with E-state index in [9.17, 15) is 13.2 Å². The number of nitrogens with zero attached hydrogens (tertiary/aromatic N) is 1. The van der Waals surface area contributed by atoms with Gasteiger partial charge in [0.05, 0.1) is 16.4 Å². The Kier molecular flexibility index (Phi) is 7.35. The summed E-state index contributed by atoms with van der Waals surface area (Å²) in [6.07, 6.45) is -0.154. The molecule has 0 saturated heterocycles. The Morgan fingerprint density at radius 1 is 0.791 bits per heavy atom. The molecule has 0 bridgehead atoms. The van der Waals surface area contributed by atoms with Crippen molar-refractivity contribution >= 4 is 44.1 Å². The highest BCUT2D eigenvalue weighted by Gasteiger charge is 2.47. The van der Waals surface area contributed by atoms with E-state index in [1.165, 1.54) is 67.7 Å². The molecule has 0 radical (unpaired) electrons. The van der Waals surface area contributed by atoms with Crippen LogP contribution >= 0.6 is 11.8 Å². The Morgan fingerprint density at radius 3 is 2.14 bits per heavy atom. The van der Waals surface area contributed by atoms with E-state index < -0.39 is 11.6 Å². The molecule has 0 saturated carbocycles. The molecule has 1 aliphatic heterocycles. The first-order chi connectivity index (χ1) is 20.2. The summed E-state index contributed by atoms with van der Waals surface area (Å²) in [4.78, 5) is 2.55. The number of rotatable bonds is 6. The maximum Gasteiger partial charge on any atom is 0.394 e. The predicted octanol–water partition coefficient (Wildman–Crippen LogP) is 10.9. The fraction of sp³-hybridized carbons (Fsp3) is 0.395. The standard InChI is InChI=1S/C38H41F3NS/c1-21(2)15-24-10-12-27-29(17-24)23(5)33-35-34-28(13-14-42(35)8)30-18-25(20-37(6,7)38(39,40)41)9-11-26(30)19-32(34)43-36(33)31(27)16-22(3)4/h9-14,17-19,21-22H,15-16,20H2,1-8H3/q+1. The van der Waals surface area contributed by atoms with Crippen LogP contribution in [0.1, 0.15) is 63.8 Å². The van der Waals surface area contributed by atoms with Gasteiger partial charge in [0.2, 0.25) is 5.69 Å². The van der Waals surface area contributed by atoms with Crippen molar-refractivity contribution < 1.29 is 17.7 Å². The predicted molar refractivity (Wildman–Crippen MR) is 175 cm³/mol. The SMILES string of the molecule is Cc1c2c(c(CC(C)C)c3ccc(CC(C)C)cc13)Sc1cc3ccc(CC(C)(C)C(F)(F)F)cc3c3cc[n+](C)c-2c13. The lowest BCUT2D eigenvalue weighted by Crippen LogP contribution is -2.34. The van der Waals surface area contributed by atoms with Crippen LogP contribution in [0.3, 0.4) is 0 Å². The van der Waals surface area contributed by atoms with Gasteiger partial charge in [0.1, 0.15) is 7.05 Å². The molecule has 0 fully saturated rings. The van der Waals surface area contributed by atoms with Gasteiger partial charge in [0, 0.05) is 21.2 Å². The van der Waals surface area contributed by atoms with Crippen molar-refractivity contribution in [2.75, 3.05) is 0 Å². The number of aryl methyl sites for hydroxylation is 2. The number of fused-ring (bicyclic) bond motifs is 5. The van der Waals surface area contributed by atoms with Crippen molar-refractivity contribution in [3.8, 4) is 11.3 Å². The summed E-state index contributed by atoms with van der Waals surface area (Å²) in [5.74, 6) is 1.09. The molecule has 5 heteroatoms. The van der Waals surface area contributed by atoms with Crippen LogP contribution in [0.2, 0.25) is 0 Å². The maximum absolute atomic E-state index is 13.8. The molecule has 43 heavy (non-hydrogen) atoms. The molecular weight excluding hydrogens is 559 g/mol. The molecule has 1 aromatic heterocycles. The van der Waals surface area contributed by atoms with Crippen molar-refractivity contribution in [1.82, 2.24) is 0 Å². The summed E-state index contributed by atoms with van der Waals surface area (Å²) >= 11 is 1.87. The lowest BCUT2D eigenvalue weighted by Gasteiger charge is -2.28. The van der Waals surface area contributed by atoms with Gasteiger partial charge in [-0.3, -0.25) is 0 Å². The first-order valence-corrected chi connectivity index (χ1v) is 16.2. The van der Waals surface area contributed by atoms with Gasteiger partial charge in [-0.15, -0.1) is 0 Å². The molecular formula is C38H41F3NS+. The summed E-state index contributed by atoms with van der Waals surface area (Å²) in [7, 11) is 2.12. The lowest BCUT2D eigenvalue weighted by molar-refractivity contribution is -0.659. The quantitative estimate of drug-likeness (QED) is 0.136. The zero-order chi connectivity index (χ0) is 31.0. The summed E-state index contributed by atoms with van der Waals surface area (Å²) in [5, 5.41) is 7.04. The van der Waals surface area contributed by atoms with E-state index in [2.05, 4.69) is 82.8 Å². The molecule has 0 amide bonds. The zero-order valence-electron chi connectivity index (χ0n) is 26.5. The Hall–Kier alpha value is -3.05. The largest absolute Gasteiger partial charge is 0.394 e. The second-order valence-corrected chi connectivity index (χ2v) is 15.1. The molecule has 6 rings (SSSR count). The van der Waals surface area contributed by atoms with Crippen LogP contribution in [0.25, 0.3) is 43.6 Å². The fourth-order valence-electron chi connectivity index (χ4n) is 6.86. The fourth-order valence-corrected chi connectivity index (χ4v) is 8.24. The minimum Gasteiger partial charge on any atom is -0.200 e. The number of aromatic nitrogens is 1. The molecule has 0 aliphatic carbocycles. The molecule has 5 aromatic rings. The highest BCUT2D eigenvalue weighted by atomic mass is 32.2. The summed E-state index contributed by atoms with van der Waals surface area (Å²) in [6.45, 7) is 14.0. The van der Waals surface area contributed by atoms with Gasteiger partial charge in [-0.1, -0.05) is 89.7 Å². The van der Waals surface area contributed by atoms with Crippen LogP contribution in [0, 0.1) is 24.2 Å². The van der Waals surface area contributed by atoms with E-state index in [0.717, 1.165) is 29.0 Å². The molecule has 4 aromatic carbocycles. The third-order valence-corrected chi connectivity index (χ3v) is 10.3. The van der Waals surface area contributed by atoms with Crippen molar-refractivity contribution in [2.45, 2.75) is 83.7 Å². The lowest BCUT2D eigenvalue weighted by atomic mass is 9.84. The number of hydrogen-bond acceptors (Lipinski definition) is 1. The maximum atomic E-state index is 13.8. The third kappa shape index (κ3) is 5.12. The Balaban J connectivity index is 1.65. The van der Waals surface area contributed by atoms with E-state index in [4.69, 9.17) is 0 Å². The molecule has 0 N–H and O–H groups in total. The average molecular weight is 601 g/mol. The normalized spacial score (nSPS) is 13.6. The molecule has 0 spiro atoms. The van der Waals surface area contributed by atoms with Gasteiger partial charge in [-0.05, 0) is 87.9 Å². The van der Waals surface area contributed by atoms with Crippen molar-refractivity contribution in [3.63, 3.8) is 0 Å². The highest BCUT2D eigenvalue weighted by Crippen LogP contribution is 2.53. The summed E-state index contributed by atoms with van der Waals surface area (Å²) in [6, 6.07) is 17.3. The summed E-state index contributed by atoms with van der Waals surface area (Å²) < 4.78 is 43.6. The van der Waals surface area contributed by atoms with Gasteiger partial charge in [0.15, 0.2) is 6.20 Å². The van der Waals surface area contributed by atoms with Gasteiger partial charge < -0.3 is 0 Å². The second kappa shape index (κ2) is 10.5. The first-order valence-electron chi connectivity index (χ1n) is 15.4. The van der Waals surface area contributed by atoms with E-state index in [0.29, 0.717) is 17.4 Å². The Labute approximate surface area is 257 Å². The van der Waals surface area contributed by atoms with Crippen LogP contribution in [0.5, 0.6) is 0 Å². The number of hydrogen-bond donors (Lipinski definition) is 0. The number of benzene rings is 4. The zero-order valence-corrected chi connectivity index (χ0v) is 27.3. The van der Waals surface area contributed by atoms with E-state index in [1.807, 2.05) is 30.0 Å². The van der Waals surface area contributed by atoms with Gasteiger partial charge in [-0.25, -0.2) is 4.57 Å². The van der Waals surface area contributed by atoms with Crippen LogP contribution in [0.15, 0.2) is 64.5 Å². The highest BCUT2D eigenvalue weighted by molar-refractivity contribution is 8.00. The van der Waals surface area contributed by atoms with Crippen molar-refractivity contribution in [3.05, 3.63) is 77.0 Å². The summed E-state index contributed by atoms with van der Waals surface area (Å²) in [5.41, 5.74) is 5.49. The average Bonchev–Trinajstić information content (AvgIpc) is 2.91. The number of pyridine rings is 1. The minimum absolute atomic E-state index is 0.0525. The topological polar surface area (TPSA) is 3.88 Å². The second-order valence-electron chi connectivity index (χ2n) is 14.0. The minimum atomic E-state index is -4.26. The smallest absolute Gasteiger partial charge is 0.200 e. The Bertz CT molecular complexity index is 1910. The van der Waals surface area contributed by atoms with Gasteiger partial charge >= 0.3 is 6.18 Å². The monoisotopic (exact) mass is 600 g/mol. The van der Waals surface area contributed by atoms with Gasteiger partial charge in [0.25, 0.3) is 0 Å². The molecule has 0 atom stereocenters. The molecule has 224 valence electrons. The molecule has 2 heterocycles. The van der Waals surface area contributed by atoms with Crippen LogP contribution in [-0.2, 0) is 26.3 Å². The van der Waals surface area contributed by atoms with Crippen LogP contribution in [-0.4, -0.2) is 6.18 Å². The van der Waals surface area contributed by atoms with E-state index >= 15 is 0 Å². The molecule has 1 nitrogen and oxygen atoms in total. The number of alkyl halides is 3. The van der Waals surface area contributed by atoms with Gasteiger partial charge in [-0.2, -0.15) is 13.2 Å². The molecule has 1 aliphatic rings. The van der Waals surface area contributed by atoms with Crippen LogP contribution < -0.4 is 4.57 Å². The number of halogens is 3.